The van der Waals surface area contributed by atoms with Crippen LogP contribution < -0.4 is 10.6 Å². The molecule has 0 bridgehead atoms. The zero-order valence-electron chi connectivity index (χ0n) is 11.8. The summed E-state index contributed by atoms with van der Waals surface area (Å²) in [5, 5.41) is 15.3. The van der Waals surface area contributed by atoms with Crippen LogP contribution in [-0.4, -0.2) is 29.8 Å². The lowest BCUT2D eigenvalue weighted by molar-refractivity contribution is 0.210. The maximum Gasteiger partial charge on any atom is 0.315 e. The molecule has 1 atom stereocenters. The number of carbonyl (C=O) groups excluding carboxylic acids is 1. The first-order valence-corrected chi connectivity index (χ1v) is 7.49. The number of aliphatic hydroxyl groups excluding tert-OH is 1. The van der Waals surface area contributed by atoms with Crippen LogP contribution in [0.1, 0.15) is 37.7 Å². The van der Waals surface area contributed by atoms with Crippen molar-refractivity contribution in [3.05, 3.63) is 35.9 Å². The Morgan fingerprint density at radius 1 is 1.20 bits per heavy atom. The van der Waals surface area contributed by atoms with Crippen LogP contribution in [0.25, 0.3) is 0 Å². The molecule has 1 aromatic rings. The smallest absolute Gasteiger partial charge is 0.315 e. The monoisotopic (exact) mass is 276 g/mol. The molecule has 110 valence electrons. The number of carbonyl (C=O) groups is 1. The van der Waals surface area contributed by atoms with E-state index in [9.17, 15) is 9.90 Å². The van der Waals surface area contributed by atoms with Crippen LogP contribution in [0, 0.1) is 0 Å². The van der Waals surface area contributed by atoms with E-state index < -0.39 is 0 Å². The van der Waals surface area contributed by atoms with E-state index in [-0.39, 0.29) is 18.7 Å². The molecule has 0 unspecified atom stereocenters. The number of hydrogen-bond donors (Lipinski definition) is 3. The Morgan fingerprint density at radius 3 is 2.55 bits per heavy atom. The van der Waals surface area contributed by atoms with Gasteiger partial charge in [-0.2, -0.15) is 0 Å². The van der Waals surface area contributed by atoms with Crippen molar-refractivity contribution in [1.29, 1.82) is 0 Å². The van der Waals surface area contributed by atoms with Crippen molar-refractivity contribution in [3.8, 4) is 0 Å². The van der Waals surface area contributed by atoms with Crippen LogP contribution in [0.3, 0.4) is 0 Å². The third kappa shape index (κ3) is 4.85. The van der Waals surface area contributed by atoms with E-state index in [0.717, 1.165) is 18.4 Å². The zero-order valence-corrected chi connectivity index (χ0v) is 11.8. The SMILES string of the molecule is O=C(NC1CCCCC1)N[C@H](CO)Cc1ccccc1. The largest absolute Gasteiger partial charge is 0.394 e. The summed E-state index contributed by atoms with van der Waals surface area (Å²) in [6, 6.07) is 9.79. The molecule has 0 saturated heterocycles. The van der Waals surface area contributed by atoms with Gasteiger partial charge in [0.2, 0.25) is 0 Å². The van der Waals surface area contributed by atoms with Gasteiger partial charge in [-0.25, -0.2) is 4.79 Å². The number of benzene rings is 1. The van der Waals surface area contributed by atoms with Gasteiger partial charge in [-0.15, -0.1) is 0 Å². The van der Waals surface area contributed by atoms with Crippen molar-refractivity contribution in [3.63, 3.8) is 0 Å². The molecule has 3 N–H and O–H groups in total. The normalized spacial score (nSPS) is 17.4. The van der Waals surface area contributed by atoms with Crippen molar-refractivity contribution in [2.24, 2.45) is 0 Å². The molecule has 1 aliphatic rings. The molecule has 1 saturated carbocycles. The molecule has 0 radical (unpaired) electrons. The first-order chi connectivity index (χ1) is 9.78. The highest BCUT2D eigenvalue weighted by Gasteiger charge is 2.17. The van der Waals surface area contributed by atoms with Gasteiger partial charge in [-0.3, -0.25) is 0 Å². The Morgan fingerprint density at radius 2 is 1.90 bits per heavy atom. The number of urea groups is 1. The summed E-state index contributed by atoms with van der Waals surface area (Å²) in [4.78, 5) is 11.9. The van der Waals surface area contributed by atoms with Crippen molar-refractivity contribution in [2.45, 2.75) is 50.6 Å². The number of hydrogen-bond acceptors (Lipinski definition) is 2. The molecule has 4 heteroatoms. The van der Waals surface area contributed by atoms with Crippen molar-refractivity contribution < 1.29 is 9.90 Å². The topological polar surface area (TPSA) is 61.4 Å². The molecule has 0 heterocycles. The third-order valence-corrected chi connectivity index (χ3v) is 3.82. The third-order valence-electron chi connectivity index (χ3n) is 3.82. The van der Waals surface area contributed by atoms with Crippen LogP contribution in [0.4, 0.5) is 4.79 Å². The van der Waals surface area contributed by atoms with Gasteiger partial charge in [-0.05, 0) is 24.8 Å². The number of amides is 2. The average molecular weight is 276 g/mol. The van der Waals surface area contributed by atoms with E-state index in [2.05, 4.69) is 10.6 Å². The highest BCUT2D eigenvalue weighted by atomic mass is 16.3. The quantitative estimate of drug-likeness (QED) is 0.772. The molecule has 0 aliphatic heterocycles. The summed E-state index contributed by atoms with van der Waals surface area (Å²) in [5.41, 5.74) is 1.12. The average Bonchev–Trinajstić information content (AvgIpc) is 2.48. The maximum absolute atomic E-state index is 11.9. The molecular formula is C16H24N2O2. The van der Waals surface area contributed by atoms with Crippen molar-refractivity contribution in [1.82, 2.24) is 10.6 Å². The molecule has 2 rings (SSSR count). The maximum atomic E-state index is 11.9. The minimum Gasteiger partial charge on any atom is -0.394 e. The van der Waals surface area contributed by atoms with Crippen LogP contribution in [-0.2, 0) is 6.42 Å². The predicted molar refractivity (Wildman–Crippen MR) is 79.6 cm³/mol. The molecule has 4 nitrogen and oxygen atoms in total. The van der Waals surface area contributed by atoms with E-state index >= 15 is 0 Å². The summed E-state index contributed by atoms with van der Waals surface area (Å²) in [5.74, 6) is 0. The lowest BCUT2D eigenvalue weighted by Gasteiger charge is -2.24. The Labute approximate surface area is 120 Å². The molecule has 1 aromatic carbocycles. The number of rotatable bonds is 5. The van der Waals surface area contributed by atoms with Gasteiger partial charge < -0.3 is 15.7 Å². The first kappa shape index (κ1) is 14.9. The van der Waals surface area contributed by atoms with Crippen LogP contribution in [0.2, 0.25) is 0 Å². The lowest BCUT2D eigenvalue weighted by Crippen LogP contribution is -2.48. The second-order valence-corrected chi connectivity index (χ2v) is 5.52. The summed E-state index contributed by atoms with van der Waals surface area (Å²) in [7, 11) is 0. The Hall–Kier alpha value is -1.55. The van der Waals surface area contributed by atoms with Crippen molar-refractivity contribution in [2.75, 3.05) is 6.61 Å². The van der Waals surface area contributed by atoms with Crippen molar-refractivity contribution >= 4 is 6.03 Å². The first-order valence-electron chi connectivity index (χ1n) is 7.49. The van der Waals surface area contributed by atoms with Gasteiger partial charge in [0.15, 0.2) is 0 Å². The Bertz CT molecular complexity index is 402. The van der Waals surface area contributed by atoms with E-state index in [0.29, 0.717) is 12.5 Å². The molecule has 20 heavy (non-hydrogen) atoms. The second kappa shape index (κ2) is 7.90. The standard InChI is InChI=1S/C16H24N2O2/c19-12-15(11-13-7-3-1-4-8-13)18-16(20)17-14-9-5-2-6-10-14/h1,3-4,7-8,14-15,19H,2,5-6,9-12H2,(H2,17,18,20)/t15-/m0/s1. The van der Waals surface area contributed by atoms with E-state index in [4.69, 9.17) is 0 Å². The zero-order chi connectivity index (χ0) is 14.2. The molecule has 2 amide bonds. The lowest BCUT2D eigenvalue weighted by atomic mass is 9.96. The molecule has 1 aliphatic carbocycles. The highest BCUT2D eigenvalue weighted by Crippen LogP contribution is 2.17. The fourth-order valence-electron chi connectivity index (χ4n) is 2.72. The van der Waals surface area contributed by atoms with Gasteiger partial charge >= 0.3 is 6.03 Å². The molecule has 1 fully saturated rings. The summed E-state index contributed by atoms with van der Waals surface area (Å²) >= 11 is 0. The van der Waals surface area contributed by atoms with Gasteiger partial charge in [-0.1, -0.05) is 49.6 Å². The fourth-order valence-corrected chi connectivity index (χ4v) is 2.72. The van der Waals surface area contributed by atoms with E-state index in [1.54, 1.807) is 0 Å². The van der Waals surface area contributed by atoms with E-state index in [1.807, 2.05) is 30.3 Å². The summed E-state index contributed by atoms with van der Waals surface area (Å²) in [6.45, 7) is -0.0486. The molecular weight excluding hydrogens is 252 g/mol. The summed E-state index contributed by atoms with van der Waals surface area (Å²) in [6.07, 6.45) is 6.44. The molecule has 0 aromatic heterocycles. The Kier molecular flexibility index (Phi) is 5.87. The Balaban J connectivity index is 1.78. The van der Waals surface area contributed by atoms with Gasteiger partial charge in [0, 0.05) is 6.04 Å². The van der Waals surface area contributed by atoms with E-state index in [1.165, 1.54) is 19.3 Å². The predicted octanol–water partition coefficient (Wildman–Crippen LogP) is 2.22. The van der Waals surface area contributed by atoms with Gasteiger partial charge in [0.05, 0.1) is 12.6 Å². The van der Waals surface area contributed by atoms with Crippen LogP contribution in [0.5, 0.6) is 0 Å². The number of nitrogens with one attached hydrogen (secondary N) is 2. The minimum atomic E-state index is -0.235. The van der Waals surface area contributed by atoms with Gasteiger partial charge in [0.1, 0.15) is 0 Å². The minimum absolute atomic E-state index is 0.0486. The fraction of sp³-hybridized carbons (Fsp3) is 0.562. The second-order valence-electron chi connectivity index (χ2n) is 5.52. The highest BCUT2D eigenvalue weighted by molar-refractivity contribution is 5.74. The molecule has 0 spiro atoms. The van der Waals surface area contributed by atoms with Crippen LogP contribution in [0.15, 0.2) is 30.3 Å². The summed E-state index contributed by atoms with van der Waals surface area (Å²) < 4.78 is 0. The van der Waals surface area contributed by atoms with Gasteiger partial charge in [0.25, 0.3) is 0 Å². The van der Waals surface area contributed by atoms with Crippen LogP contribution >= 0.6 is 0 Å². The number of aliphatic hydroxyl groups is 1.